The minimum atomic E-state index is -1.19. The maximum Gasteiger partial charge on any atom is 0.0660 e. The van der Waals surface area contributed by atoms with Gasteiger partial charge in [0.05, 0.1) is 43.9 Å². The van der Waals surface area contributed by atoms with Crippen molar-refractivity contribution in [3.05, 3.63) is 387 Å². The first-order chi connectivity index (χ1) is 64.9. The van der Waals surface area contributed by atoms with Gasteiger partial charge in [-0.3, -0.25) is 0 Å². The van der Waals surface area contributed by atoms with Crippen LogP contribution in [0, 0.1) is 0 Å². The summed E-state index contributed by atoms with van der Waals surface area (Å²) in [5, 5.41) is 3.54. The number of nitrogens with zero attached hydrogens (tertiary/aromatic N) is 4. The van der Waals surface area contributed by atoms with E-state index in [0.29, 0.717) is 32.5 Å². The molecule has 4 heterocycles. The van der Waals surface area contributed by atoms with Crippen LogP contribution in [0.5, 0.6) is 0 Å². The van der Waals surface area contributed by atoms with E-state index in [0.717, 1.165) is 34.1 Å². The number of anilines is 12. The Bertz CT molecular complexity index is 8330. The average Bonchev–Trinajstić information content (AvgIpc) is 1.11. The highest BCUT2D eigenvalue weighted by Gasteiger charge is 2.21. The molecule has 16 aromatic carbocycles. The van der Waals surface area contributed by atoms with Gasteiger partial charge in [-0.05, 0) is 216 Å². The highest BCUT2D eigenvalue weighted by atomic mass is 32.1. The van der Waals surface area contributed by atoms with E-state index in [1.165, 1.54) is 51.5 Å². The number of fused-ring (bicyclic) bond motifs is 12. The van der Waals surface area contributed by atoms with E-state index < -0.39 is 259 Å². The van der Waals surface area contributed by atoms with Crippen molar-refractivity contribution in [2.24, 2.45) is 0 Å². The fourth-order valence-electron chi connectivity index (χ4n) is 12.7. The van der Waals surface area contributed by atoms with Crippen molar-refractivity contribution in [1.29, 1.82) is 0 Å². The third kappa shape index (κ3) is 11.9. The predicted octanol–water partition coefficient (Wildman–Crippen LogP) is 30.1. The van der Waals surface area contributed by atoms with Crippen LogP contribution >= 0.6 is 45.3 Å². The molecular formula is C96H64N4S4. The van der Waals surface area contributed by atoms with Crippen molar-refractivity contribution in [1.82, 2.24) is 0 Å². The standard InChI is InChI=1S/2C48H32N2S2/c2*1-4-12-35(13-5-1)49(36-14-6-2-7-15-36)39-26-29-47-44(31-39)42-27-25-40(32-48(42)52-47)50(37-16-8-3-9-17-37)38-23-20-33(21-24-38)34-22-28-46-43(30-34)41-18-10-11-19-45(41)51-46/h2*1-32H/i1D,2D,3D,4D,5D,6D,7D,8D,9D,10D,11D,12D,13D,14D,15D,16D,17D,18D,19D,20D,21D,22D,23D,24D,25D,26D,27D,28D,29D,30D,31D,32D;. The Morgan fingerprint density at radius 3 is 1.23 bits per heavy atom. The summed E-state index contributed by atoms with van der Waals surface area (Å²) in [4.78, 5) is 5.59. The van der Waals surface area contributed by atoms with Crippen LogP contribution in [0.2, 0.25) is 0 Å². The molecule has 0 atom stereocenters. The number of rotatable bonds is 14. The highest BCUT2D eigenvalue weighted by molar-refractivity contribution is 7.27. The highest BCUT2D eigenvalue weighted by Crippen LogP contribution is 2.48. The lowest BCUT2D eigenvalue weighted by Gasteiger charge is -2.26. The van der Waals surface area contributed by atoms with Crippen LogP contribution in [0.3, 0.4) is 0 Å². The van der Waals surface area contributed by atoms with Gasteiger partial charge in [-0.2, -0.15) is 0 Å². The predicted molar refractivity (Wildman–Crippen MR) is 454 cm³/mol. The molecule has 0 aliphatic rings. The summed E-state index contributed by atoms with van der Waals surface area (Å²) in [6, 6.07) is 39.4. The Morgan fingerprint density at radius 1 is 0.173 bits per heavy atom. The van der Waals surface area contributed by atoms with Crippen LogP contribution in [-0.4, -0.2) is 0 Å². The van der Waals surface area contributed by atoms with Gasteiger partial charge < -0.3 is 19.6 Å². The molecule has 0 radical (unpaired) electrons. The molecule has 20 aromatic rings. The summed E-state index contributed by atoms with van der Waals surface area (Å²) >= 11 is 4.81. The van der Waals surface area contributed by atoms with Crippen LogP contribution < -0.4 is 19.6 Å². The van der Waals surface area contributed by atoms with Crippen molar-refractivity contribution < 1.29 is 43.9 Å². The first-order valence-electron chi connectivity index (χ1n) is 48.4. The molecule has 0 saturated heterocycles. The van der Waals surface area contributed by atoms with Gasteiger partial charge >= 0.3 is 0 Å². The van der Waals surface area contributed by atoms with Crippen LogP contribution in [0.4, 0.5) is 68.2 Å². The third-order valence-corrected chi connectivity index (χ3v) is 21.7. The van der Waals surface area contributed by atoms with E-state index in [9.17, 15) is 15.1 Å². The molecule has 4 aromatic heterocycles. The minimum Gasteiger partial charge on any atom is -0.310 e. The Labute approximate surface area is 664 Å². The SMILES string of the molecule is [2H]c1c([2H])c([2H])c(N(c2c([2H])c([2H])c(-c3c([2H])c([2H])c4sc5c([2H])c([2H])c([2H])c([2H])c5c4c3[2H])c([2H])c2[2H])c2c([2H])c([2H])c3c(sc4c([2H])c([2H])c(N(c5c([2H])c([2H])c([2H])c([2H])c5[2H])c5c([2H])c([2H])c([2H])c([2H])c5[2H])c([2H])c43)c2[2H])c([2H])c1[2H].c1ccc(N(c2ccc(-c3ccc4sc5ccccc5c4c3)cc2)c2ccc3c(c2)sc2ccc(N(c4ccccc4)c4ccccc4)cc23)cc1. The van der Waals surface area contributed by atoms with Gasteiger partial charge in [-0.15, -0.1) is 45.3 Å². The van der Waals surface area contributed by atoms with E-state index in [1.54, 1.807) is 0 Å². The zero-order valence-electron chi connectivity index (χ0n) is 85.9. The molecule has 104 heavy (non-hydrogen) atoms. The number of hydrogen-bond donors (Lipinski definition) is 0. The average molecular weight is 1430 g/mol. The molecular weight excluding hydrogens is 1340 g/mol. The summed E-state index contributed by atoms with van der Waals surface area (Å²) in [5.41, 5.74) is 1.81. The first kappa shape index (κ1) is 37.5. The van der Waals surface area contributed by atoms with Crippen LogP contribution in [0.15, 0.2) is 387 Å². The maximum absolute atomic E-state index is 9.85. The fraction of sp³-hybridized carbons (Fsp3) is 0. The largest absolute Gasteiger partial charge is 0.310 e. The Kier molecular flexibility index (Phi) is 9.80. The summed E-state index contributed by atoms with van der Waals surface area (Å²) in [5.74, 6) is 0. The molecule has 0 unspecified atom stereocenters. The topological polar surface area (TPSA) is 13.0 Å². The van der Waals surface area contributed by atoms with Crippen molar-refractivity contribution in [3.8, 4) is 22.3 Å². The summed E-state index contributed by atoms with van der Waals surface area (Å²) in [6.07, 6.45) is 0. The Hall–Kier alpha value is -12.4. The Balaban J connectivity index is 0.000000194. The molecule has 492 valence electrons. The molecule has 0 amide bonds. The molecule has 0 fully saturated rings. The first-order valence-corrected chi connectivity index (χ1v) is 35.7. The van der Waals surface area contributed by atoms with Gasteiger partial charge in [0, 0.05) is 149 Å². The van der Waals surface area contributed by atoms with Gasteiger partial charge in [0.15, 0.2) is 0 Å². The van der Waals surface area contributed by atoms with Gasteiger partial charge in [0.1, 0.15) is 0 Å². The quantitative estimate of drug-likeness (QED) is 0.108. The van der Waals surface area contributed by atoms with E-state index in [2.05, 4.69) is 204 Å². The molecule has 0 bridgehead atoms. The van der Waals surface area contributed by atoms with Crippen LogP contribution in [0.1, 0.15) is 43.9 Å². The van der Waals surface area contributed by atoms with Crippen molar-refractivity contribution in [2.75, 3.05) is 19.6 Å². The lowest BCUT2D eigenvalue weighted by Crippen LogP contribution is -2.09. The monoisotopic (exact) mass is 1430 g/mol. The lowest BCUT2D eigenvalue weighted by atomic mass is 10.0. The van der Waals surface area contributed by atoms with Crippen LogP contribution in [-0.2, 0) is 0 Å². The van der Waals surface area contributed by atoms with Crippen molar-refractivity contribution >= 4 is 194 Å². The molecule has 0 aliphatic heterocycles. The second-order valence-electron chi connectivity index (χ2n) is 23.5. The zero-order chi connectivity index (χ0) is 96.7. The van der Waals surface area contributed by atoms with E-state index in [-0.39, 0.29) is 20.2 Å². The molecule has 0 saturated carbocycles. The molecule has 0 spiro atoms. The number of thiophene rings is 4. The molecule has 0 aliphatic carbocycles. The smallest absolute Gasteiger partial charge is 0.0660 e. The molecule has 8 heteroatoms. The van der Waals surface area contributed by atoms with E-state index in [4.69, 9.17) is 28.8 Å². The van der Waals surface area contributed by atoms with Gasteiger partial charge in [0.25, 0.3) is 0 Å². The maximum atomic E-state index is 9.85. The van der Waals surface area contributed by atoms with E-state index in [1.807, 2.05) is 22.7 Å². The summed E-state index contributed by atoms with van der Waals surface area (Å²) < 4.78 is 291. The second-order valence-corrected chi connectivity index (χ2v) is 27.7. The van der Waals surface area contributed by atoms with Gasteiger partial charge in [-0.1, -0.05) is 194 Å². The van der Waals surface area contributed by atoms with Crippen molar-refractivity contribution in [3.63, 3.8) is 0 Å². The second kappa shape index (κ2) is 27.2. The number of benzene rings is 16. The molecule has 20 rings (SSSR count). The lowest BCUT2D eigenvalue weighted by molar-refractivity contribution is 1.29. The zero-order valence-corrected chi connectivity index (χ0v) is 57.2. The number of para-hydroxylation sites is 6. The molecule has 0 N–H and O–H groups in total. The van der Waals surface area contributed by atoms with Crippen molar-refractivity contribution in [2.45, 2.75) is 0 Å². The van der Waals surface area contributed by atoms with E-state index >= 15 is 0 Å². The fourth-order valence-corrected chi connectivity index (χ4v) is 16.8. The van der Waals surface area contributed by atoms with Crippen LogP contribution in [0.25, 0.3) is 103 Å². The number of hydrogen-bond acceptors (Lipinski definition) is 8. The molecule has 4 nitrogen and oxygen atoms in total. The minimum absolute atomic E-state index is 0.0948. The summed E-state index contributed by atoms with van der Waals surface area (Å²) in [7, 11) is 0. The third-order valence-electron chi connectivity index (χ3n) is 17.4. The normalized spacial score (nSPS) is 15.8. The summed E-state index contributed by atoms with van der Waals surface area (Å²) in [6.45, 7) is 0. The Morgan fingerprint density at radius 2 is 0.577 bits per heavy atom. The van der Waals surface area contributed by atoms with Gasteiger partial charge in [-0.25, -0.2) is 0 Å². The van der Waals surface area contributed by atoms with Gasteiger partial charge in [0.2, 0.25) is 0 Å².